The van der Waals surface area contributed by atoms with Gasteiger partial charge in [-0.2, -0.15) is 0 Å². The Bertz CT molecular complexity index is 867. The number of unbranched alkanes of at least 4 members (excludes halogenated alkanes) is 6. The lowest BCUT2D eigenvalue weighted by Crippen LogP contribution is -2.30. The number of aliphatic hydroxyl groups excluding tert-OH is 2. The Labute approximate surface area is 221 Å². The normalized spacial score (nSPS) is 24.1. The van der Waals surface area contributed by atoms with E-state index in [4.69, 9.17) is 14.6 Å². The van der Waals surface area contributed by atoms with Gasteiger partial charge in [0.2, 0.25) is 0 Å². The third kappa shape index (κ3) is 8.71. The van der Waals surface area contributed by atoms with Gasteiger partial charge in [-0.3, -0.25) is 0 Å². The van der Waals surface area contributed by atoms with Gasteiger partial charge in [-0.25, -0.2) is 9.59 Å². The number of aliphatic carboxylic acids is 1. The minimum Gasteiger partial charge on any atom is -0.482 e. The lowest BCUT2D eigenvalue weighted by molar-refractivity contribution is -0.159. The van der Waals surface area contributed by atoms with E-state index in [1.807, 2.05) is 12.1 Å². The molecule has 7 heteroatoms. The van der Waals surface area contributed by atoms with Gasteiger partial charge in [0.05, 0.1) is 6.10 Å². The molecule has 1 aromatic carbocycles. The zero-order chi connectivity index (χ0) is 26.8. The van der Waals surface area contributed by atoms with Crippen molar-refractivity contribution < 1.29 is 34.4 Å². The molecule has 208 valence electrons. The minimum atomic E-state index is -1.13. The summed E-state index contributed by atoms with van der Waals surface area (Å²) in [5.74, 6) is -0.143. The van der Waals surface area contributed by atoms with Crippen molar-refractivity contribution in [3.63, 3.8) is 0 Å². The highest BCUT2D eigenvalue weighted by atomic mass is 16.6. The van der Waals surface area contributed by atoms with Gasteiger partial charge in [0, 0.05) is 0 Å². The second-order valence-corrected chi connectivity index (χ2v) is 11.1. The number of hydrogen-bond donors (Lipinski definition) is 3. The molecule has 1 aromatic rings. The van der Waals surface area contributed by atoms with Crippen molar-refractivity contribution in [1.82, 2.24) is 0 Å². The topological polar surface area (TPSA) is 113 Å². The van der Waals surface area contributed by atoms with E-state index in [0.29, 0.717) is 24.0 Å². The number of hydrogen-bond acceptors (Lipinski definition) is 6. The average molecular weight is 519 g/mol. The third-order valence-corrected chi connectivity index (χ3v) is 8.27. The summed E-state index contributed by atoms with van der Waals surface area (Å²) in [7, 11) is 0. The number of esters is 1. The maximum Gasteiger partial charge on any atom is 0.341 e. The predicted octanol–water partition coefficient (Wildman–Crippen LogP) is 5.08. The molecular weight excluding hydrogens is 472 g/mol. The molecule has 7 nitrogen and oxygen atoms in total. The molecule has 2 aliphatic carbocycles. The Morgan fingerprint density at radius 3 is 2.49 bits per heavy atom. The molecule has 0 spiro atoms. The Kier molecular flexibility index (Phi) is 11.7. The van der Waals surface area contributed by atoms with Crippen molar-refractivity contribution in [2.75, 3.05) is 6.61 Å². The second-order valence-electron chi connectivity index (χ2n) is 11.1. The first-order valence-corrected chi connectivity index (χ1v) is 14.3. The van der Waals surface area contributed by atoms with Crippen LogP contribution in [0.25, 0.3) is 0 Å². The van der Waals surface area contributed by atoms with Crippen LogP contribution in [0.4, 0.5) is 0 Å². The molecule has 37 heavy (non-hydrogen) atoms. The van der Waals surface area contributed by atoms with Gasteiger partial charge in [-0.05, 0) is 86.8 Å². The zero-order valence-electron chi connectivity index (χ0n) is 22.6. The van der Waals surface area contributed by atoms with E-state index in [1.54, 1.807) is 0 Å². The van der Waals surface area contributed by atoms with Gasteiger partial charge < -0.3 is 24.8 Å². The highest BCUT2D eigenvalue weighted by Gasteiger charge is 2.45. The number of aliphatic hydroxyl groups is 2. The van der Waals surface area contributed by atoms with E-state index in [0.717, 1.165) is 50.5 Å². The molecule has 3 N–H and O–H groups in total. The number of carboxylic acid groups (broad SMARTS) is 1. The van der Waals surface area contributed by atoms with Gasteiger partial charge in [-0.15, -0.1) is 0 Å². The Morgan fingerprint density at radius 2 is 1.78 bits per heavy atom. The largest absolute Gasteiger partial charge is 0.482 e. The summed E-state index contributed by atoms with van der Waals surface area (Å²) in [6.45, 7) is 3.29. The van der Waals surface area contributed by atoms with Crippen molar-refractivity contribution in [3.05, 3.63) is 29.3 Å². The van der Waals surface area contributed by atoms with E-state index >= 15 is 0 Å². The maximum atomic E-state index is 12.1. The van der Waals surface area contributed by atoms with E-state index in [-0.39, 0.29) is 18.6 Å². The minimum absolute atomic E-state index is 0.128. The first kappa shape index (κ1) is 29.4. The summed E-state index contributed by atoms with van der Waals surface area (Å²) in [6, 6.07) is 5.81. The number of fused-ring (bicyclic) bond motifs is 2. The molecule has 6 atom stereocenters. The Balaban J connectivity index is 1.58. The van der Waals surface area contributed by atoms with Gasteiger partial charge in [-0.1, -0.05) is 57.6 Å². The van der Waals surface area contributed by atoms with Crippen molar-refractivity contribution in [2.45, 2.75) is 116 Å². The standard InChI is InChI=1S/C30H46O7/c1-3-4-5-6-7-8-9-12-23(37-30(35)20(2)31)14-15-24-25-16-21-11-10-13-28(36-19-29(33)34)26(21)17-22(25)18-27(24)32/h10-11,13,20,22-25,27,31-32H,3-9,12,14-19H2,1-2H3,(H,33,34)/t20-,22+,23+,24-,25+,27-/m1/s1. The number of benzene rings is 1. The van der Waals surface area contributed by atoms with Crippen molar-refractivity contribution in [1.29, 1.82) is 0 Å². The van der Waals surface area contributed by atoms with Gasteiger partial charge in [0.1, 0.15) is 18.0 Å². The second kappa shape index (κ2) is 14.7. The van der Waals surface area contributed by atoms with Crippen LogP contribution in [0, 0.1) is 17.8 Å². The van der Waals surface area contributed by atoms with Gasteiger partial charge in [0.15, 0.2) is 6.61 Å². The maximum absolute atomic E-state index is 12.1. The number of ether oxygens (including phenoxy) is 2. The predicted molar refractivity (Wildman–Crippen MR) is 141 cm³/mol. The van der Waals surface area contributed by atoms with Gasteiger partial charge in [0.25, 0.3) is 0 Å². The summed E-state index contributed by atoms with van der Waals surface area (Å²) >= 11 is 0. The molecule has 0 aliphatic heterocycles. The molecule has 1 fully saturated rings. The van der Waals surface area contributed by atoms with E-state index in [2.05, 4.69) is 13.0 Å². The van der Waals surface area contributed by atoms with Crippen LogP contribution in [0.1, 0.15) is 95.6 Å². The van der Waals surface area contributed by atoms with Crippen LogP contribution in [0.3, 0.4) is 0 Å². The number of carbonyl (C=O) groups excluding carboxylic acids is 1. The van der Waals surface area contributed by atoms with E-state index in [9.17, 15) is 19.8 Å². The summed E-state index contributed by atoms with van der Waals surface area (Å²) in [6.07, 6.45) is 11.2. The van der Waals surface area contributed by atoms with Crippen LogP contribution in [0.5, 0.6) is 5.75 Å². The van der Waals surface area contributed by atoms with Crippen molar-refractivity contribution >= 4 is 11.9 Å². The van der Waals surface area contributed by atoms with Crippen LogP contribution in [0.15, 0.2) is 18.2 Å². The summed E-state index contributed by atoms with van der Waals surface area (Å²) in [5.41, 5.74) is 2.24. The molecule has 0 bridgehead atoms. The molecule has 0 radical (unpaired) electrons. The number of carbonyl (C=O) groups is 2. The average Bonchev–Trinajstić information content (AvgIpc) is 3.17. The van der Waals surface area contributed by atoms with Crippen LogP contribution in [-0.4, -0.2) is 52.2 Å². The Hall–Kier alpha value is -2.12. The number of carboxylic acids is 1. The van der Waals surface area contributed by atoms with E-state index < -0.39 is 24.1 Å². The van der Waals surface area contributed by atoms with Gasteiger partial charge >= 0.3 is 11.9 Å². The van der Waals surface area contributed by atoms with Crippen LogP contribution >= 0.6 is 0 Å². The molecule has 0 amide bonds. The first-order chi connectivity index (χ1) is 17.8. The highest BCUT2D eigenvalue weighted by Crippen LogP contribution is 2.48. The molecule has 1 saturated carbocycles. The summed E-state index contributed by atoms with van der Waals surface area (Å²) in [5, 5.41) is 29.6. The lowest BCUT2D eigenvalue weighted by Gasteiger charge is -2.32. The molecule has 3 rings (SSSR count). The third-order valence-electron chi connectivity index (χ3n) is 8.27. The Morgan fingerprint density at radius 1 is 1.05 bits per heavy atom. The number of rotatable bonds is 16. The smallest absolute Gasteiger partial charge is 0.341 e. The fourth-order valence-corrected chi connectivity index (χ4v) is 6.31. The van der Waals surface area contributed by atoms with Crippen molar-refractivity contribution in [2.24, 2.45) is 17.8 Å². The molecule has 0 saturated heterocycles. The summed E-state index contributed by atoms with van der Waals surface area (Å²) in [4.78, 5) is 23.1. The quantitative estimate of drug-likeness (QED) is 0.207. The fourth-order valence-electron chi connectivity index (χ4n) is 6.31. The zero-order valence-corrected chi connectivity index (χ0v) is 22.6. The van der Waals surface area contributed by atoms with Crippen LogP contribution in [-0.2, 0) is 27.2 Å². The molecule has 0 heterocycles. The highest BCUT2D eigenvalue weighted by molar-refractivity contribution is 5.74. The molecule has 0 unspecified atom stereocenters. The fraction of sp³-hybridized carbons (Fsp3) is 0.733. The summed E-state index contributed by atoms with van der Waals surface area (Å²) < 4.78 is 11.2. The molecular formula is C30H46O7. The molecule has 0 aromatic heterocycles. The lowest BCUT2D eigenvalue weighted by atomic mass is 9.73. The SMILES string of the molecule is CCCCCCCCC[C@@H](CC[C@@H]1[C@H]2Cc3cccc(OCC(=O)O)c3C[C@H]2C[C@H]1O)OC(=O)[C@@H](C)O. The van der Waals surface area contributed by atoms with E-state index in [1.165, 1.54) is 44.6 Å². The van der Waals surface area contributed by atoms with Crippen molar-refractivity contribution in [3.8, 4) is 5.75 Å². The monoisotopic (exact) mass is 518 g/mol. The van der Waals surface area contributed by atoms with Crippen LogP contribution in [0.2, 0.25) is 0 Å². The van der Waals surface area contributed by atoms with Crippen LogP contribution < -0.4 is 4.74 Å². The first-order valence-electron chi connectivity index (χ1n) is 14.3. The molecule has 2 aliphatic rings.